The first-order valence-corrected chi connectivity index (χ1v) is 7.51. The van der Waals surface area contributed by atoms with Crippen LogP contribution in [0.5, 0.6) is 0 Å². The maximum Gasteiger partial charge on any atom is 0.0653 e. The molecule has 4 fully saturated rings. The van der Waals surface area contributed by atoms with Gasteiger partial charge >= 0.3 is 0 Å². The van der Waals surface area contributed by atoms with E-state index in [2.05, 4.69) is 22.6 Å². The van der Waals surface area contributed by atoms with Crippen LogP contribution in [-0.2, 0) is 0 Å². The van der Waals surface area contributed by atoms with E-state index in [1.165, 1.54) is 38.5 Å². The van der Waals surface area contributed by atoms with Crippen LogP contribution in [0.25, 0.3) is 0 Å². The second-order valence-corrected chi connectivity index (χ2v) is 8.36. The second kappa shape index (κ2) is 2.47. The van der Waals surface area contributed by atoms with Crippen LogP contribution in [0.4, 0.5) is 0 Å². The minimum atomic E-state index is 0.236. The first-order valence-electron chi connectivity index (χ1n) is 6.05. The van der Waals surface area contributed by atoms with Crippen LogP contribution in [-0.4, -0.2) is 8.30 Å². The molecule has 14 heavy (non-hydrogen) atoms. The number of fused-ring (bicyclic) bond motifs is 9. The second-order valence-electron chi connectivity index (χ2n) is 5.95. The Hall–Kier alpha value is 1.02. The molecule has 0 aromatic carbocycles. The number of hydrogen-bond acceptors (Lipinski definition) is 0. The largest absolute Gasteiger partial charge is 0.117 e. The molecule has 2 heteroatoms. The Balaban J connectivity index is 1.91. The zero-order valence-electron chi connectivity index (χ0n) is 8.31. The molecular formula is C12H16ClI. The van der Waals surface area contributed by atoms with Gasteiger partial charge in [0, 0.05) is 3.42 Å². The summed E-state index contributed by atoms with van der Waals surface area (Å²) in [5.41, 5.74) is 0. The Labute approximate surface area is 104 Å². The van der Waals surface area contributed by atoms with E-state index in [9.17, 15) is 0 Å². The van der Waals surface area contributed by atoms with Crippen molar-refractivity contribution in [2.24, 2.45) is 23.7 Å². The lowest BCUT2D eigenvalue weighted by Crippen LogP contribution is -2.53. The van der Waals surface area contributed by atoms with E-state index in [0.29, 0.717) is 3.42 Å². The number of alkyl halides is 2. The van der Waals surface area contributed by atoms with Crippen molar-refractivity contribution in [3.05, 3.63) is 0 Å². The van der Waals surface area contributed by atoms with Gasteiger partial charge in [-0.1, -0.05) is 22.6 Å². The van der Waals surface area contributed by atoms with E-state index in [1.54, 1.807) is 0 Å². The number of rotatable bonds is 0. The lowest BCUT2D eigenvalue weighted by atomic mass is 9.70. The highest BCUT2D eigenvalue weighted by Gasteiger charge is 2.75. The van der Waals surface area contributed by atoms with E-state index >= 15 is 0 Å². The molecule has 4 aliphatic carbocycles. The first kappa shape index (κ1) is 9.09. The van der Waals surface area contributed by atoms with Gasteiger partial charge in [0.1, 0.15) is 0 Å². The highest BCUT2D eigenvalue weighted by Crippen LogP contribution is 2.77. The molecule has 4 saturated carbocycles. The molecule has 4 rings (SSSR count). The molecule has 0 heterocycles. The molecule has 78 valence electrons. The summed E-state index contributed by atoms with van der Waals surface area (Å²) in [6.07, 6.45) is 8.74. The van der Waals surface area contributed by atoms with Gasteiger partial charge in [-0.15, -0.1) is 11.6 Å². The molecule has 0 N–H and O–H groups in total. The maximum absolute atomic E-state index is 7.09. The van der Waals surface area contributed by atoms with E-state index in [-0.39, 0.29) is 4.87 Å². The van der Waals surface area contributed by atoms with Crippen molar-refractivity contribution >= 4 is 34.2 Å². The van der Waals surface area contributed by atoms with Crippen molar-refractivity contribution in [2.45, 2.75) is 46.8 Å². The van der Waals surface area contributed by atoms with E-state index < -0.39 is 0 Å². The lowest BCUT2D eigenvalue weighted by Gasteiger charge is -2.49. The van der Waals surface area contributed by atoms with Gasteiger partial charge in [0.05, 0.1) is 4.87 Å². The summed E-state index contributed by atoms with van der Waals surface area (Å²) in [5.74, 6) is 3.70. The van der Waals surface area contributed by atoms with E-state index in [1.807, 2.05) is 0 Å². The maximum atomic E-state index is 7.09. The van der Waals surface area contributed by atoms with Crippen molar-refractivity contribution in [1.29, 1.82) is 0 Å². The van der Waals surface area contributed by atoms with Crippen LogP contribution < -0.4 is 0 Å². The standard InChI is InChI=1S/C12H16ClI/c13-11-7-1-3-9(5-7)12(11,14)10-4-2-8(11)6-10/h7-10H,1-6H2. The fraction of sp³-hybridized carbons (Fsp3) is 1.00. The van der Waals surface area contributed by atoms with Gasteiger partial charge in [-0.25, -0.2) is 0 Å². The summed E-state index contributed by atoms with van der Waals surface area (Å²) in [4.78, 5) is 0.236. The Kier molecular flexibility index (Phi) is 1.60. The summed E-state index contributed by atoms with van der Waals surface area (Å²) in [6.45, 7) is 0. The molecule has 0 aromatic rings. The Morgan fingerprint density at radius 2 is 1.29 bits per heavy atom. The highest BCUT2D eigenvalue weighted by atomic mass is 127. The fourth-order valence-corrected chi connectivity index (χ4v) is 8.12. The van der Waals surface area contributed by atoms with Gasteiger partial charge in [0.2, 0.25) is 0 Å². The van der Waals surface area contributed by atoms with Crippen molar-refractivity contribution in [3.63, 3.8) is 0 Å². The van der Waals surface area contributed by atoms with Crippen molar-refractivity contribution in [1.82, 2.24) is 0 Å². The van der Waals surface area contributed by atoms with Crippen LogP contribution >= 0.6 is 34.2 Å². The molecule has 4 atom stereocenters. The van der Waals surface area contributed by atoms with Crippen LogP contribution in [0.15, 0.2) is 0 Å². The predicted octanol–water partition coefficient (Wildman–Crippen LogP) is 4.00. The molecule has 4 bridgehead atoms. The third kappa shape index (κ3) is 0.695. The zero-order chi connectivity index (χ0) is 9.55. The zero-order valence-corrected chi connectivity index (χ0v) is 11.2. The SMILES string of the molecule is ClC12C3CCC(C3)C1(I)C1CCC2C1. The van der Waals surface area contributed by atoms with Crippen molar-refractivity contribution in [2.75, 3.05) is 0 Å². The van der Waals surface area contributed by atoms with Crippen molar-refractivity contribution in [3.8, 4) is 0 Å². The van der Waals surface area contributed by atoms with Gasteiger partial charge in [0.15, 0.2) is 0 Å². The van der Waals surface area contributed by atoms with Crippen LogP contribution in [0, 0.1) is 23.7 Å². The summed E-state index contributed by atoms with van der Waals surface area (Å²) < 4.78 is 0.512. The quantitative estimate of drug-likeness (QED) is 0.359. The van der Waals surface area contributed by atoms with Gasteiger partial charge < -0.3 is 0 Å². The number of halogens is 2. The molecule has 0 radical (unpaired) electrons. The van der Waals surface area contributed by atoms with Gasteiger partial charge in [0.25, 0.3) is 0 Å². The van der Waals surface area contributed by atoms with Gasteiger partial charge in [-0.3, -0.25) is 0 Å². The Morgan fingerprint density at radius 1 is 0.857 bits per heavy atom. The molecule has 0 aliphatic heterocycles. The minimum absolute atomic E-state index is 0.236. The topological polar surface area (TPSA) is 0 Å². The average Bonchev–Trinajstić information content (AvgIpc) is 2.86. The smallest absolute Gasteiger partial charge is 0.0653 e. The molecule has 0 amide bonds. The molecular weight excluding hydrogens is 306 g/mol. The van der Waals surface area contributed by atoms with Gasteiger partial charge in [-0.05, 0) is 62.2 Å². The highest BCUT2D eigenvalue weighted by molar-refractivity contribution is 14.1. The monoisotopic (exact) mass is 322 g/mol. The summed E-state index contributed by atoms with van der Waals surface area (Å²) in [5, 5.41) is 0. The van der Waals surface area contributed by atoms with Crippen LogP contribution in [0.1, 0.15) is 38.5 Å². The molecule has 0 aromatic heterocycles. The van der Waals surface area contributed by atoms with E-state index in [0.717, 1.165) is 23.7 Å². The minimum Gasteiger partial charge on any atom is -0.117 e. The third-order valence-electron chi connectivity index (χ3n) is 5.83. The summed E-state index contributed by atoms with van der Waals surface area (Å²) in [7, 11) is 0. The Bertz CT molecular complexity index is 251. The summed E-state index contributed by atoms with van der Waals surface area (Å²) >= 11 is 9.88. The summed E-state index contributed by atoms with van der Waals surface area (Å²) in [6, 6.07) is 0. The van der Waals surface area contributed by atoms with Crippen LogP contribution in [0.3, 0.4) is 0 Å². The predicted molar refractivity (Wildman–Crippen MR) is 67.0 cm³/mol. The van der Waals surface area contributed by atoms with Crippen LogP contribution in [0.2, 0.25) is 0 Å². The normalized spacial score (nSPS) is 69.0. The van der Waals surface area contributed by atoms with E-state index in [4.69, 9.17) is 11.6 Å². The number of hydrogen-bond donors (Lipinski definition) is 0. The van der Waals surface area contributed by atoms with Crippen molar-refractivity contribution < 1.29 is 0 Å². The molecule has 0 spiro atoms. The molecule has 0 saturated heterocycles. The fourth-order valence-electron chi connectivity index (χ4n) is 5.41. The Morgan fingerprint density at radius 3 is 1.71 bits per heavy atom. The first-order chi connectivity index (χ1) is 6.67. The van der Waals surface area contributed by atoms with Gasteiger partial charge in [-0.2, -0.15) is 0 Å². The lowest BCUT2D eigenvalue weighted by molar-refractivity contribution is 0.217. The molecule has 4 unspecified atom stereocenters. The molecule has 4 aliphatic rings. The third-order valence-corrected chi connectivity index (χ3v) is 9.73. The average molecular weight is 323 g/mol. The molecule has 0 nitrogen and oxygen atoms in total.